The quantitative estimate of drug-likeness (QED) is 0.443. The number of aromatic nitrogens is 4. The number of amides is 1. The van der Waals surface area contributed by atoms with Gasteiger partial charge in [0.15, 0.2) is 0 Å². The van der Waals surface area contributed by atoms with E-state index in [2.05, 4.69) is 27.4 Å². The predicted octanol–water partition coefficient (Wildman–Crippen LogP) is 5.37. The van der Waals surface area contributed by atoms with Crippen LogP contribution in [-0.4, -0.2) is 31.4 Å². The number of nitrogens with one attached hydrogen (secondary N) is 1. The number of carbonyl (C=O) groups is 1. The number of benzene rings is 2. The summed E-state index contributed by atoms with van der Waals surface area (Å²) in [5, 5.41) is 8.55. The molecule has 0 bridgehead atoms. The highest BCUT2D eigenvalue weighted by molar-refractivity contribution is 8.00. The lowest BCUT2D eigenvalue weighted by Gasteiger charge is -2.16. The van der Waals surface area contributed by atoms with Gasteiger partial charge in [0.25, 0.3) is 5.95 Å². The zero-order valence-electron chi connectivity index (χ0n) is 17.5. The third-order valence-electron chi connectivity index (χ3n) is 5.20. The topological polar surface area (TPSA) is 72.7 Å². The van der Waals surface area contributed by atoms with Crippen LogP contribution in [0.4, 0.5) is 5.82 Å². The lowest BCUT2D eigenvalue weighted by Crippen LogP contribution is -2.17. The molecule has 0 aliphatic carbocycles. The van der Waals surface area contributed by atoms with Gasteiger partial charge in [-0.3, -0.25) is 4.79 Å². The van der Waals surface area contributed by atoms with Crippen molar-refractivity contribution in [3.63, 3.8) is 0 Å². The van der Waals surface area contributed by atoms with Gasteiger partial charge in [-0.1, -0.05) is 54.1 Å². The normalized spacial score (nSPS) is 15.7. The Balaban J connectivity index is 1.80. The van der Waals surface area contributed by atoms with Gasteiger partial charge in [-0.25, -0.2) is 9.97 Å². The molecule has 1 aliphatic heterocycles. The van der Waals surface area contributed by atoms with Crippen LogP contribution in [-0.2, 0) is 4.79 Å². The molecule has 2 aromatic heterocycles. The Morgan fingerprint density at radius 3 is 2.41 bits per heavy atom. The Labute approximate surface area is 195 Å². The van der Waals surface area contributed by atoms with Crippen molar-refractivity contribution in [2.24, 2.45) is 0 Å². The van der Waals surface area contributed by atoms with E-state index in [0.717, 1.165) is 33.8 Å². The standard InChI is InChI=1S/C24H20ClN5OS/c1-14-12-15(2)27-24(26-14)30-23-20(21(29-30)16-8-10-18(25)11-9-16)22(32-13-19(31)28-23)17-6-4-3-5-7-17/h3-12,22H,13H2,1-2H3,(H,28,31)/t22-/m0/s1. The molecule has 6 nitrogen and oxygen atoms in total. The van der Waals surface area contributed by atoms with Crippen molar-refractivity contribution < 1.29 is 4.79 Å². The molecule has 0 unspecified atom stereocenters. The average molecular weight is 462 g/mol. The van der Waals surface area contributed by atoms with Crippen LogP contribution < -0.4 is 5.32 Å². The summed E-state index contributed by atoms with van der Waals surface area (Å²) in [6, 6.07) is 19.6. The van der Waals surface area contributed by atoms with Crippen LogP contribution in [0.25, 0.3) is 17.2 Å². The first-order valence-electron chi connectivity index (χ1n) is 10.2. The summed E-state index contributed by atoms with van der Waals surface area (Å²) in [7, 11) is 0. The Morgan fingerprint density at radius 1 is 1.03 bits per heavy atom. The van der Waals surface area contributed by atoms with Crippen molar-refractivity contribution in [2.75, 3.05) is 11.1 Å². The minimum atomic E-state index is -0.0875. The Morgan fingerprint density at radius 2 is 1.72 bits per heavy atom. The Kier molecular flexibility index (Phi) is 5.45. The molecular weight excluding hydrogens is 442 g/mol. The molecule has 1 N–H and O–H groups in total. The SMILES string of the molecule is Cc1cc(C)nc(-n2nc(-c3ccc(Cl)cc3)c3c2NC(=O)CS[C@H]3c2ccccc2)n1. The van der Waals surface area contributed by atoms with Crippen LogP contribution in [0, 0.1) is 13.8 Å². The maximum atomic E-state index is 12.7. The van der Waals surface area contributed by atoms with Gasteiger partial charge in [-0.05, 0) is 37.6 Å². The first kappa shape index (κ1) is 20.7. The fourth-order valence-electron chi connectivity index (χ4n) is 3.87. The molecule has 1 atom stereocenters. The second kappa shape index (κ2) is 8.41. The molecule has 32 heavy (non-hydrogen) atoms. The first-order chi connectivity index (χ1) is 15.5. The summed E-state index contributed by atoms with van der Waals surface area (Å²) in [6.07, 6.45) is 0. The summed E-state index contributed by atoms with van der Waals surface area (Å²) >= 11 is 7.72. The Bertz CT molecular complexity index is 1280. The molecule has 4 aromatic rings. The smallest absolute Gasteiger partial charge is 0.252 e. The predicted molar refractivity (Wildman–Crippen MR) is 128 cm³/mol. The molecule has 3 heterocycles. The Hall–Kier alpha value is -3.16. The largest absolute Gasteiger partial charge is 0.309 e. The van der Waals surface area contributed by atoms with Gasteiger partial charge in [-0.2, -0.15) is 9.78 Å². The summed E-state index contributed by atoms with van der Waals surface area (Å²) in [6.45, 7) is 3.84. The van der Waals surface area contributed by atoms with E-state index in [0.29, 0.717) is 22.5 Å². The molecular formula is C24H20ClN5OS. The minimum absolute atomic E-state index is 0.0807. The van der Waals surface area contributed by atoms with Gasteiger partial charge >= 0.3 is 0 Å². The minimum Gasteiger partial charge on any atom is -0.309 e. The highest BCUT2D eigenvalue weighted by Crippen LogP contribution is 2.46. The maximum absolute atomic E-state index is 12.7. The summed E-state index contributed by atoms with van der Waals surface area (Å²) in [5.41, 5.74) is 5.37. The number of hydrogen-bond donors (Lipinski definition) is 1. The van der Waals surface area contributed by atoms with Crippen molar-refractivity contribution in [3.8, 4) is 17.2 Å². The molecule has 5 rings (SSSR count). The number of carbonyl (C=O) groups excluding carboxylic acids is 1. The average Bonchev–Trinajstić information content (AvgIpc) is 3.04. The number of hydrogen-bond acceptors (Lipinski definition) is 5. The van der Waals surface area contributed by atoms with Crippen molar-refractivity contribution in [1.29, 1.82) is 0 Å². The molecule has 1 amide bonds. The van der Waals surface area contributed by atoms with E-state index in [1.165, 1.54) is 0 Å². The van der Waals surface area contributed by atoms with Crippen LogP contribution in [0.1, 0.15) is 27.8 Å². The molecule has 0 radical (unpaired) electrons. The number of thioether (sulfide) groups is 1. The van der Waals surface area contributed by atoms with Gasteiger partial charge in [0.2, 0.25) is 5.91 Å². The van der Waals surface area contributed by atoms with Crippen LogP contribution in [0.5, 0.6) is 0 Å². The molecule has 2 aromatic carbocycles. The molecule has 0 saturated carbocycles. The second-order valence-electron chi connectivity index (χ2n) is 7.63. The molecule has 160 valence electrons. The van der Waals surface area contributed by atoms with Crippen molar-refractivity contribution in [3.05, 3.63) is 88.2 Å². The molecule has 0 fully saturated rings. The van der Waals surface area contributed by atoms with E-state index < -0.39 is 0 Å². The van der Waals surface area contributed by atoms with Gasteiger partial charge in [0.05, 0.1) is 16.7 Å². The highest BCUT2D eigenvalue weighted by atomic mass is 35.5. The zero-order chi connectivity index (χ0) is 22.2. The summed E-state index contributed by atoms with van der Waals surface area (Å²) in [4.78, 5) is 21.9. The zero-order valence-corrected chi connectivity index (χ0v) is 19.1. The van der Waals surface area contributed by atoms with E-state index in [1.807, 2.05) is 62.4 Å². The lowest BCUT2D eigenvalue weighted by molar-refractivity contribution is -0.113. The van der Waals surface area contributed by atoms with E-state index in [-0.39, 0.29) is 11.2 Å². The van der Waals surface area contributed by atoms with Crippen LogP contribution >= 0.6 is 23.4 Å². The monoisotopic (exact) mass is 461 g/mol. The lowest BCUT2D eigenvalue weighted by atomic mass is 10.00. The summed E-state index contributed by atoms with van der Waals surface area (Å²) < 4.78 is 1.65. The van der Waals surface area contributed by atoms with Gasteiger partial charge in [-0.15, -0.1) is 11.8 Å². The van der Waals surface area contributed by atoms with E-state index in [4.69, 9.17) is 16.7 Å². The van der Waals surface area contributed by atoms with Crippen LogP contribution in [0.2, 0.25) is 5.02 Å². The van der Waals surface area contributed by atoms with Crippen molar-refractivity contribution in [2.45, 2.75) is 19.1 Å². The van der Waals surface area contributed by atoms with E-state index in [9.17, 15) is 4.79 Å². The van der Waals surface area contributed by atoms with Gasteiger partial charge in [0.1, 0.15) is 5.82 Å². The third-order valence-corrected chi connectivity index (χ3v) is 6.73. The highest BCUT2D eigenvalue weighted by Gasteiger charge is 2.33. The number of aryl methyl sites for hydroxylation is 2. The third kappa shape index (κ3) is 3.89. The molecule has 0 saturated heterocycles. The number of halogens is 1. The number of anilines is 1. The fourth-order valence-corrected chi connectivity index (χ4v) is 5.12. The first-order valence-corrected chi connectivity index (χ1v) is 11.6. The maximum Gasteiger partial charge on any atom is 0.252 e. The van der Waals surface area contributed by atoms with E-state index >= 15 is 0 Å². The van der Waals surface area contributed by atoms with Crippen molar-refractivity contribution >= 4 is 35.1 Å². The molecule has 0 spiro atoms. The molecule has 1 aliphatic rings. The van der Waals surface area contributed by atoms with E-state index in [1.54, 1.807) is 16.4 Å². The second-order valence-corrected chi connectivity index (χ2v) is 9.16. The van der Waals surface area contributed by atoms with Crippen molar-refractivity contribution in [1.82, 2.24) is 19.7 Å². The fraction of sp³-hybridized carbons (Fsp3) is 0.167. The summed E-state index contributed by atoms with van der Waals surface area (Å²) in [5.74, 6) is 1.28. The number of nitrogens with zero attached hydrogens (tertiary/aromatic N) is 4. The number of fused-ring (bicyclic) bond motifs is 1. The molecule has 8 heteroatoms. The van der Waals surface area contributed by atoms with Gasteiger partial charge in [0, 0.05) is 27.5 Å². The van der Waals surface area contributed by atoms with Crippen LogP contribution in [0.15, 0.2) is 60.7 Å². The number of rotatable bonds is 3. The van der Waals surface area contributed by atoms with Gasteiger partial charge < -0.3 is 5.32 Å². The van der Waals surface area contributed by atoms with Crippen LogP contribution in [0.3, 0.4) is 0 Å².